The summed E-state index contributed by atoms with van der Waals surface area (Å²) in [5.41, 5.74) is 3.40. The number of alkyl halides is 3. The first-order valence-electron chi connectivity index (χ1n) is 3.98. The zero-order valence-corrected chi connectivity index (χ0v) is 9.86. The van der Waals surface area contributed by atoms with E-state index in [1.165, 1.54) is 6.26 Å². The Bertz CT molecular complexity index is 465. The highest BCUT2D eigenvalue weighted by atomic mass is 35.5. The average molecular weight is 287 g/mol. The number of aromatic nitrogens is 2. The monoisotopic (exact) mass is 286 g/mol. The molecule has 0 aliphatic carbocycles. The van der Waals surface area contributed by atoms with Crippen molar-refractivity contribution in [2.75, 3.05) is 6.26 Å². The molecule has 0 spiro atoms. The van der Waals surface area contributed by atoms with Gasteiger partial charge in [-0.15, -0.1) is 0 Å². The standard InChI is InChI=1S/C7H6ClF3N4OS/c1-17-6-13-3(5(12)15-16)2(8)4(14-6)7(9,10)11/h16H,1H3,(H2,12,15). The third-order valence-corrected chi connectivity index (χ3v) is 2.54. The van der Waals surface area contributed by atoms with Crippen LogP contribution in [-0.4, -0.2) is 27.3 Å². The van der Waals surface area contributed by atoms with Crippen LogP contribution in [0.25, 0.3) is 0 Å². The third-order valence-electron chi connectivity index (χ3n) is 1.63. The Labute approximate surface area is 103 Å². The molecular formula is C7H6ClF3N4OS. The number of nitrogens with zero attached hydrogens (tertiary/aromatic N) is 3. The highest BCUT2D eigenvalue weighted by Gasteiger charge is 2.37. The maximum Gasteiger partial charge on any atom is 0.435 e. The van der Waals surface area contributed by atoms with Gasteiger partial charge in [-0.1, -0.05) is 28.5 Å². The molecule has 10 heteroatoms. The second-order valence-corrected chi connectivity index (χ2v) is 3.86. The first-order valence-corrected chi connectivity index (χ1v) is 5.58. The van der Waals surface area contributed by atoms with Gasteiger partial charge >= 0.3 is 6.18 Å². The molecule has 0 saturated heterocycles. The molecule has 17 heavy (non-hydrogen) atoms. The molecule has 1 aromatic rings. The van der Waals surface area contributed by atoms with Gasteiger partial charge in [0, 0.05) is 0 Å². The Morgan fingerprint density at radius 2 is 2.06 bits per heavy atom. The fourth-order valence-corrected chi connectivity index (χ4v) is 1.58. The van der Waals surface area contributed by atoms with Gasteiger partial charge in [-0.25, -0.2) is 9.97 Å². The molecule has 5 nitrogen and oxygen atoms in total. The van der Waals surface area contributed by atoms with Crippen LogP contribution in [0.3, 0.4) is 0 Å². The van der Waals surface area contributed by atoms with Gasteiger partial charge in [0.1, 0.15) is 10.7 Å². The second-order valence-electron chi connectivity index (χ2n) is 2.70. The maximum absolute atomic E-state index is 12.6. The topological polar surface area (TPSA) is 84.4 Å². The zero-order valence-electron chi connectivity index (χ0n) is 8.29. The summed E-state index contributed by atoms with van der Waals surface area (Å²) in [6.07, 6.45) is -3.26. The number of oxime groups is 1. The van der Waals surface area contributed by atoms with Crippen LogP contribution in [0.1, 0.15) is 11.4 Å². The molecule has 0 bridgehead atoms. The number of rotatable bonds is 2. The van der Waals surface area contributed by atoms with Gasteiger partial charge in [0.15, 0.2) is 16.7 Å². The van der Waals surface area contributed by atoms with Crippen LogP contribution in [0, 0.1) is 0 Å². The molecule has 0 aliphatic heterocycles. The molecule has 3 N–H and O–H groups in total. The molecule has 0 aromatic carbocycles. The van der Waals surface area contributed by atoms with Crippen molar-refractivity contribution in [2.24, 2.45) is 10.9 Å². The van der Waals surface area contributed by atoms with Crippen LogP contribution >= 0.6 is 23.4 Å². The van der Waals surface area contributed by atoms with E-state index in [1.807, 2.05) is 0 Å². The van der Waals surface area contributed by atoms with Crippen LogP contribution in [0.4, 0.5) is 13.2 Å². The number of thioether (sulfide) groups is 1. The summed E-state index contributed by atoms with van der Waals surface area (Å²) in [4.78, 5) is 6.88. The van der Waals surface area contributed by atoms with Crippen molar-refractivity contribution < 1.29 is 18.4 Å². The van der Waals surface area contributed by atoms with Gasteiger partial charge < -0.3 is 10.9 Å². The van der Waals surface area contributed by atoms with Gasteiger partial charge in [-0.2, -0.15) is 13.2 Å². The van der Waals surface area contributed by atoms with Gasteiger partial charge in [-0.3, -0.25) is 0 Å². The van der Waals surface area contributed by atoms with Crippen LogP contribution in [-0.2, 0) is 6.18 Å². The minimum Gasteiger partial charge on any atom is -0.409 e. The molecule has 1 heterocycles. The SMILES string of the molecule is CSc1nc(/C(N)=N/O)c(Cl)c(C(F)(F)F)n1. The Morgan fingerprint density at radius 1 is 1.47 bits per heavy atom. The summed E-state index contributed by atoms with van der Waals surface area (Å²) in [6, 6.07) is 0. The van der Waals surface area contributed by atoms with E-state index >= 15 is 0 Å². The largest absolute Gasteiger partial charge is 0.435 e. The van der Waals surface area contributed by atoms with E-state index in [1.54, 1.807) is 0 Å². The zero-order chi connectivity index (χ0) is 13.2. The summed E-state index contributed by atoms with van der Waals surface area (Å²) in [5, 5.41) is 10.0. The molecule has 0 radical (unpaired) electrons. The quantitative estimate of drug-likeness (QED) is 0.217. The summed E-state index contributed by atoms with van der Waals surface area (Å²) in [5.74, 6) is -0.613. The lowest BCUT2D eigenvalue weighted by molar-refractivity contribution is -0.141. The number of amidine groups is 1. The van der Waals surface area contributed by atoms with E-state index in [-0.39, 0.29) is 5.16 Å². The van der Waals surface area contributed by atoms with E-state index < -0.39 is 28.4 Å². The number of nitrogens with two attached hydrogens (primary N) is 1. The fourth-order valence-electron chi connectivity index (χ4n) is 0.923. The van der Waals surface area contributed by atoms with E-state index in [4.69, 9.17) is 22.5 Å². The summed E-state index contributed by atoms with van der Waals surface area (Å²) < 4.78 is 37.8. The molecule has 0 atom stereocenters. The lowest BCUT2D eigenvalue weighted by atomic mass is 10.3. The highest BCUT2D eigenvalue weighted by molar-refractivity contribution is 7.98. The van der Waals surface area contributed by atoms with Crippen LogP contribution in [0.2, 0.25) is 5.02 Å². The number of halogens is 4. The first-order chi connectivity index (χ1) is 7.81. The van der Waals surface area contributed by atoms with Gasteiger partial charge in [0.25, 0.3) is 0 Å². The predicted octanol–water partition coefficient (Wildman–Crippen LogP) is 1.97. The van der Waals surface area contributed by atoms with Crippen molar-refractivity contribution in [3.8, 4) is 0 Å². The fraction of sp³-hybridized carbons (Fsp3) is 0.286. The van der Waals surface area contributed by atoms with Crippen LogP contribution in [0.5, 0.6) is 0 Å². The minimum absolute atomic E-state index is 0.177. The summed E-state index contributed by atoms with van der Waals surface area (Å²) in [7, 11) is 0. The van der Waals surface area contributed by atoms with Crippen molar-refractivity contribution in [1.29, 1.82) is 0 Å². The van der Waals surface area contributed by atoms with Crippen molar-refractivity contribution in [3.63, 3.8) is 0 Å². The smallest absolute Gasteiger partial charge is 0.409 e. The van der Waals surface area contributed by atoms with E-state index in [9.17, 15) is 13.2 Å². The van der Waals surface area contributed by atoms with Crippen LogP contribution in [0.15, 0.2) is 10.3 Å². The molecule has 0 amide bonds. The van der Waals surface area contributed by atoms with Gasteiger partial charge in [0.2, 0.25) is 0 Å². The minimum atomic E-state index is -4.74. The Hall–Kier alpha value is -1.22. The Morgan fingerprint density at radius 3 is 2.47 bits per heavy atom. The highest BCUT2D eigenvalue weighted by Crippen LogP contribution is 2.35. The van der Waals surface area contributed by atoms with Gasteiger partial charge in [-0.05, 0) is 6.26 Å². The molecule has 0 fully saturated rings. The normalized spacial score (nSPS) is 12.9. The lowest BCUT2D eigenvalue weighted by Gasteiger charge is -2.11. The Kier molecular flexibility index (Phi) is 4.04. The first kappa shape index (κ1) is 13.8. The lowest BCUT2D eigenvalue weighted by Crippen LogP contribution is -2.20. The van der Waals surface area contributed by atoms with E-state index in [2.05, 4.69) is 15.1 Å². The van der Waals surface area contributed by atoms with Crippen molar-refractivity contribution in [1.82, 2.24) is 9.97 Å². The summed E-state index contributed by atoms with van der Waals surface area (Å²) >= 11 is 6.35. The van der Waals surface area contributed by atoms with Crippen molar-refractivity contribution in [3.05, 3.63) is 16.4 Å². The van der Waals surface area contributed by atoms with E-state index in [0.29, 0.717) is 0 Å². The van der Waals surface area contributed by atoms with Crippen molar-refractivity contribution >= 4 is 29.2 Å². The molecular weight excluding hydrogens is 281 g/mol. The summed E-state index contributed by atoms with van der Waals surface area (Å²) in [6.45, 7) is 0. The third kappa shape index (κ3) is 2.91. The number of hydrogen-bond acceptors (Lipinski definition) is 5. The number of hydrogen-bond donors (Lipinski definition) is 2. The maximum atomic E-state index is 12.6. The van der Waals surface area contributed by atoms with Crippen LogP contribution < -0.4 is 5.73 Å². The second kappa shape index (κ2) is 4.96. The molecule has 94 valence electrons. The van der Waals surface area contributed by atoms with Gasteiger partial charge in [0.05, 0.1) is 0 Å². The van der Waals surface area contributed by atoms with E-state index in [0.717, 1.165) is 11.8 Å². The molecule has 0 saturated carbocycles. The molecule has 1 aromatic heterocycles. The predicted molar refractivity (Wildman–Crippen MR) is 56.3 cm³/mol. The Balaban J connectivity index is 3.53. The average Bonchev–Trinajstić information content (AvgIpc) is 2.26. The molecule has 1 rings (SSSR count). The molecule has 0 aliphatic rings. The van der Waals surface area contributed by atoms with Crippen molar-refractivity contribution in [2.45, 2.75) is 11.3 Å². The molecule has 0 unspecified atom stereocenters.